The molecule has 1 rings (SSSR count). The zero-order chi connectivity index (χ0) is 7.78. The molecule has 0 bridgehead atoms. The summed E-state index contributed by atoms with van der Waals surface area (Å²) < 4.78 is 0. The maximum atomic E-state index is 10.5. The van der Waals surface area contributed by atoms with E-state index < -0.39 is 14.0 Å². The second kappa shape index (κ2) is 2.38. The normalized spacial score (nSPS) is 30.4. The molecule has 1 aliphatic rings. The van der Waals surface area contributed by atoms with Crippen molar-refractivity contribution in [3.63, 3.8) is 0 Å². The van der Waals surface area contributed by atoms with E-state index >= 15 is 0 Å². The predicted octanol–water partition coefficient (Wildman–Crippen LogP) is 1.80. The summed E-state index contributed by atoms with van der Waals surface area (Å²) in [6.07, 6.45) is 0.925. The fourth-order valence-corrected chi connectivity index (χ4v) is 4.69. The van der Waals surface area contributed by atoms with Crippen LogP contribution in [0.5, 0.6) is 0 Å². The van der Waals surface area contributed by atoms with Crippen LogP contribution in [0.15, 0.2) is 0 Å². The molecule has 1 fully saturated rings. The zero-order valence-corrected chi connectivity index (χ0v) is 7.55. The van der Waals surface area contributed by atoms with Crippen LogP contribution in [-0.4, -0.2) is 19.1 Å². The Morgan fingerprint density at radius 1 is 1.60 bits per heavy atom. The minimum Gasteiger partial charge on any atom is -0.481 e. The third-order valence-electron chi connectivity index (χ3n) is 2.32. The molecular formula is C7H14O2Si. The number of carboxylic acids is 1. The van der Waals surface area contributed by atoms with Crippen molar-refractivity contribution in [3.8, 4) is 0 Å². The lowest BCUT2D eigenvalue weighted by Crippen LogP contribution is -2.21. The van der Waals surface area contributed by atoms with Crippen molar-refractivity contribution in [1.82, 2.24) is 0 Å². The second-order valence-corrected chi connectivity index (χ2v) is 9.18. The van der Waals surface area contributed by atoms with Gasteiger partial charge in [-0.25, -0.2) is 0 Å². The number of aliphatic carboxylic acids is 1. The number of hydrogen-bond donors (Lipinski definition) is 1. The van der Waals surface area contributed by atoms with Gasteiger partial charge in [0.15, 0.2) is 0 Å². The quantitative estimate of drug-likeness (QED) is 0.591. The Morgan fingerprint density at radius 3 is 2.40 bits per heavy atom. The zero-order valence-electron chi connectivity index (χ0n) is 6.55. The largest absolute Gasteiger partial charge is 0.481 e. The SMILES string of the molecule is C[Si]1(C)CC[C@@H](C(=O)O)C1. The molecule has 58 valence electrons. The number of carboxylic acid groups (broad SMARTS) is 1. The minimum absolute atomic E-state index is 0.0123. The van der Waals surface area contributed by atoms with Crippen LogP contribution in [0.3, 0.4) is 0 Å². The molecule has 0 amide bonds. The lowest BCUT2D eigenvalue weighted by Gasteiger charge is -2.12. The lowest BCUT2D eigenvalue weighted by molar-refractivity contribution is -0.140. The van der Waals surface area contributed by atoms with E-state index in [2.05, 4.69) is 13.1 Å². The van der Waals surface area contributed by atoms with Crippen molar-refractivity contribution in [1.29, 1.82) is 0 Å². The van der Waals surface area contributed by atoms with Crippen molar-refractivity contribution in [2.24, 2.45) is 5.92 Å². The molecule has 0 aromatic carbocycles. The van der Waals surface area contributed by atoms with Gasteiger partial charge in [-0.1, -0.05) is 19.1 Å². The summed E-state index contributed by atoms with van der Waals surface area (Å²) in [5.41, 5.74) is 0. The van der Waals surface area contributed by atoms with Gasteiger partial charge in [0, 0.05) is 8.07 Å². The van der Waals surface area contributed by atoms with Gasteiger partial charge in [0.2, 0.25) is 0 Å². The number of rotatable bonds is 1. The van der Waals surface area contributed by atoms with Gasteiger partial charge in [-0.3, -0.25) is 4.79 Å². The van der Waals surface area contributed by atoms with Gasteiger partial charge >= 0.3 is 5.97 Å². The van der Waals surface area contributed by atoms with Crippen LogP contribution in [0.25, 0.3) is 0 Å². The first-order valence-electron chi connectivity index (χ1n) is 3.74. The summed E-state index contributed by atoms with van der Waals surface area (Å²) in [5.74, 6) is -0.597. The van der Waals surface area contributed by atoms with Crippen molar-refractivity contribution >= 4 is 14.0 Å². The van der Waals surface area contributed by atoms with Gasteiger partial charge in [-0.05, 0) is 12.5 Å². The van der Waals surface area contributed by atoms with E-state index in [1.165, 1.54) is 6.04 Å². The second-order valence-electron chi connectivity index (χ2n) is 3.94. The third-order valence-corrected chi connectivity index (χ3v) is 5.56. The van der Waals surface area contributed by atoms with Crippen LogP contribution in [0.4, 0.5) is 0 Å². The molecule has 0 spiro atoms. The molecule has 1 N–H and O–H groups in total. The molecule has 1 atom stereocenters. The van der Waals surface area contributed by atoms with Gasteiger partial charge in [-0.2, -0.15) is 0 Å². The van der Waals surface area contributed by atoms with Gasteiger partial charge in [0.25, 0.3) is 0 Å². The maximum absolute atomic E-state index is 10.5. The molecule has 0 unspecified atom stereocenters. The Morgan fingerprint density at radius 2 is 2.20 bits per heavy atom. The molecule has 2 nitrogen and oxygen atoms in total. The van der Waals surface area contributed by atoms with E-state index in [1.807, 2.05) is 0 Å². The van der Waals surface area contributed by atoms with Gasteiger partial charge in [-0.15, -0.1) is 0 Å². The Kier molecular flexibility index (Phi) is 1.85. The molecule has 3 heteroatoms. The van der Waals surface area contributed by atoms with E-state index in [4.69, 9.17) is 5.11 Å². The summed E-state index contributed by atoms with van der Waals surface area (Å²) >= 11 is 0. The van der Waals surface area contributed by atoms with Gasteiger partial charge < -0.3 is 5.11 Å². The summed E-state index contributed by atoms with van der Waals surface area (Å²) in [6.45, 7) is 4.55. The molecule has 10 heavy (non-hydrogen) atoms. The van der Waals surface area contributed by atoms with Crippen molar-refractivity contribution < 1.29 is 9.90 Å². The van der Waals surface area contributed by atoms with Crippen molar-refractivity contribution in [2.75, 3.05) is 0 Å². The highest BCUT2D eigenvalue weighted by atomic mass is 28.3. The summed E-state index contributed by atoms with van der Waals surface area (Å²) in [4.78, 5) is 10.5. The topological polar surface area (TPSA) is 37.3 Å². The number of hydrogen-bond acceptors (Lipinski definition) is 1. The van der Waals surface area contributed by atoms with Crippen LogP contribution in [0.1, 0.15) is 6.42 Å². The van der Waals surface area contributed by atoms with Crippen LogP contribution in [0, 0.1) is 5.92 Å². The molecule has 1 heterocycles. The van der Waals surface area contributed by atoms with E-state index in [0.717, 1.165) is 12.5 Å². The highest BCUT2D eigenvalue weighted by Gasteiger charge is 2.36. The molecule has 0 saturated carbocycles. The Balaban J connectivity index is 2.51. The van der Waals surface area contributed by atoms with E-state index in [0.29, 0.717) is 0 Å². The Bertz CT molecular complexity index is 154. The van der Waals surface area contributed by atoms with E-state index in [9.17, 15) is 4.79 Å². The molecule has 0 aromatic rings. The predicted molar refractivity (Wildman–Crippen MR) is 42.8 cm³/mol. The molecule has 1 saturated heterocycles. The van der Waals surface area contributed by atoms with Gasteiger partial charge in [0.1, 0.15) is 0 Å². The average molecular weight is 158 g/mol. The molecule has 0 aromatic heterocycles. The molecule has 0 aliphatic carbocycles. The highest BCUT2D eigenvalue weighted by Crippen LogP contribution is 2.34. The molecular weight excluding hydrogens is 144 g/mol. The summed E-state index contributed by atoms with van der Waals surface area (Å²) in [7, 11) is -1.05. The third kappa shape index (κ3) is 1.59. The smallest absolute Gasteiger partial charge is 0.306 e. The van der Waals surface area contributed by atoms with Crippen LogP contribution >= 0.6 is 0 Å². The standard InChI is InChI=1S/C7H14O2Si/c1-10(2)4-3-6(5-10)7(8)9/h6H,3-5H2,1-2H3,(H,8,9)/t6-/m1/s1. The fourth-order valence-electron chi connectivity index (χ4n) is 1.65. The van der Waals surface area contributed by atoms with E-state index in [1.54, 1.807) is 0 Å². The molecule has 1 aliphatic heterocycles. The first kappa shape index (κ1) is 7.79. The maximum Gasteiger partial charge on any atom is 0.306 e. The Hall–Kier alpha value is -0.313. The fraction of sp³-hybridized carbons (Fsp3) is 0.857. The first-order valence-corrected chi connectivity index (χ1v) is 7.15. The minimum atomic E-state index is -1.05. The summed E-state index contributed by atoms with van der Waals surface area (Å²) in [5, 5.41) is 8.67. The average Bonchev–Trinajstić information content (AvgIpc) is 2.10. The Labute approximate surface area is 62.3 Å². The van der Waals surface area contributed by atoms with Crippen LogP contribution < -0.4 is 0 Å². The first-order chi connectivity index (χ1) is 4.51. The molecule has 0 radical (unpaired) electrons. The van der Waals surface area contributed by atoms with Crippen molar-refractivity contribution in [2.45, 2.75) is 31.6 Å². The number of carbonyl (C=O) groups is 1. The monoisotopic (exact) mass is 158 g/mol. The van der Waals surface area contributed by atoms with Crippen LogP contribution in [0.2, 0.25) is 25.2 Å². The van der Waals surface area contributed by atoms with Crippen molar-refractivity contribution in [3.05, 3.63) is 0 Å². The van der Waals surface area contributed by atoms with Gasteiger partial charge in [0.05, 0.1) is 5.92 Å². The summed E-state index contributed by atoms with van der Waals surface area (Å²) in [6, 6.07) is 2.19. The van der Waals surface area contributed by atoms with Crippen LogP contribution in [-0.2, 0) is 4.79 Å². The lowest BCUT2D eigenvalue weighted by atomic mass is 10.1. The van der Waals surface area contributed by atoms with E-state index in [-0.39, 0.29) is 5.92 Å². The highest BCUT2D eigenvalue weighted by molar-refractivity contribution is 6.78.